The van der Waals surface area contributed by atoms with Gasteiger partial charge in [0, 0.05) is 6.04 Å². The minimum absolute atomic E-state index is 0.0381. The summed E-state index contributed by atoms with van der Waals surface area (Å²) in [5.41, 5.74) is 7.01. The van der Waals surface area contributed by atoms with Crippen molar-refractivity contribution in [3.05, 3.63) is 18.2 Å². The van der Waals surface area contributed by atoms with Crippen molar-refractivity contribution in [2.45, 2.75) is 56.9 Å². The number of benzene rings is 1. The summed E-state index contributed by atoms with van der Waals surface area (Å²) in [6.45, 7) is 4.29. The van der Waals surface area contributed by atoms with E-state index in [9.17, 15) is 8.42 Å². The van der Waals surface area contributed by atoms with Crippen molar-refractivity contribution in [3.8, 4) is 0 Å². The average Bonchev–Trinajstić information content (AvgIpc) is 2.36. The SMILES string of the molecule is CCCCCCC(C)Nc1ccc(S(N)(=O)=O)cc1N. The lowest BCUT2D eigenvalue weighted by atomic mass is 10.1. The van der Waals surface area contributed by atoms with Gasteiger partial charge in [0.25, 0.3) is 0 Å². The topological polar surface area (TPSA) is 98.2 Å². The molecular weight excluding hydrogens is 274 g/mol. The second-order valence-corrected chi connectivity index (χ2v) is 6.75. The summed E-state index contributed by atoms with van der Waals surface area (Å²) in [5.74, 6) is 0. The first kappa shape index (κ1) is 16.8. The van der Waals surface area contributed by atoms with Gasteiger partial charge in [-0.05, 0) is 31.5 Å². The van der Waals surface area contributed by atoms with Gasteiger partial charge in [0.05, 0.1) is 16.3 Å². The Morgan fingerprint density at radius 1 is 1.25 bits per heavy atom. The van der Waals surface area contributed by atoms with Crippen molar-refractivity contribution < 1.29 is 8.42 Å². The van der Waals surface area contributed by atoms with E-state index in [1.54, 1.807) is 6.07 Å². The molecule has 5 N–H and O–H groups in total. The van der Waals surface area contributed by atoms with Gasteiger partial charge in [0.1, 0.15) is 0 Å². The molecule has 0 aliphatic carbocycles. The van der Waals surface area contributed by atoms with E-state index in [4.69, 9.17) is 10.9 Å². The van der Waals surface area contributed by atoms with Gasteiger partial charge < -0.3 is 11.1 Å². The van der Waals surface area contributed by atoms with Crippen LogP contribution in [-0.4, -0.2) is 14.5 Å². The van der Waals surface area contributed by atoms with E-state index in [-0.39, 0.29) is 4.90 Å². The van der Waals surface area contributed by atoms with Crippen LogP contribution in [0.2, 0.25) is 0 Å². The molecule has 1 atom stereocenters. The van der Waals surface area contributed by atoms with Crippen molar-refractivity contribution >= 4 is 21.4 Å². The molecule has 0 aliphatic heterocycles. The minimum atomic E-state index is -3.70. The number of hydrogen-bond donors (Lipinski definition) is 3. The van der Waals surface area contributed by atoms with Gasteiger partial charge in [-0.25, -0.2) is 13.6 Å². The lowest BCUT2D eigenvalue weighted by Crippen LogP contribution is -2.17. The van der Waals surface area contributed by atoms with E-state index in [0.717, 1.165) is 12.1 Å². The number of primary sulfonamides is 1. The molecule has 5 nitrogen and oxygen atoms in total. The summed E-state index contributed by atoms with van der Waals surface area (Å²) >= 11 is 0. The quantitative estimate of drug-likeness (QED) is 0.507. The number of nitrogen functional groups attached to an aromatic ring is 1. The van der Waals surface area contributed by atoms with Crippen LogP contribution in [0.4, 0.5) is 11.4 Å². The zero-order valence-electron chi connectivity index (χ0n) is 12.2. The maximum Gasteiger partial charge on any atom is 0.238 e. The third kappa shape index (κ3) is 5.38. The van der Waals surface area contributed by atoms with E-state index in [1.165, 1.54) is 37.8 Å². The fourth-order valence-electron chi connectivity index (χ4n) is 2.06. The van der Waals surface area contributed by atoms with Crippen molar-refractivity contribution in [2.24, 2.45) is 5.14 Å². The third-order valence-electron chi connectivity index (χ3n) is 3.24. The van der Waals surface area contributed by atoms with Gasteiger partial charge in [0.2, 0.25) is 10.0 Å². The Hall–Kier alpha value is -1.27. The molecule has 6 heteroatoms. The van der Waals surface area contributed by atoms with Gasteiger partial charge in [-0.1, -0.05) is 32.6 Å². The van der Waals surface area contributed by atoms with Crippen molar-refractivity contribution in [1.82, 2.24) is 0 Å². The Labute approximate surface area is 121 Å². The molecule has 0 spiro atoms. The van der Waals surface area contributed by atoms with Crippen LogP contribution in [0.15, 0.2) is 23.1 Å². The van der Waals surface area contributed by atoms with Gasteiger partial charge in [-0.3, -0.25) is 0 Å². The number of unbranched alkanes of at least 4 members (excludes halogenated alkanes) is 3. The summed E-state index contributed by atoms with van der Waals surface area (Å²) in [6.07, 6.45) is 5.97. The summed E-state index contributed by atoms with van der Waals surface area (Å²) in [6, 6.07) is 4.83. The second-order valence-electron chi connectivity index (χ2n) is 5.19. The molecule has 1 aromatic rings. The molecule has 0 saturated carbocycles. The van der Waals surface area contributed by atoms with Crippen LogP contribution >= 0.6 is 0 Å². The third-order valence-corrected chi connectivity index (χ3v) is 4.16. The van der Waals surface area contributed by atoms with Gasteiger partial charge in [0.15, 0.2) is 0 Å². The van der Waals surface area contributed by atoms with Gasteiger partial charge in [-0.15, -0.1) is 0 Å². The molecule has 0 saturated heterocycles. The van der Waals surface area contributed by atoms with Crippen molar-refractivity contribution in [2.75, 3.05) is 11.1 Å². The maximum absolute atomic E-state index is 11.2. The predicted octanol–water partition coefficient (Wildman–Crippen LogP) is 2.69. The minimum Gasteiger partial charge on any atom is -0.397 e. The summed E-state index contributed by atoms with van der Waals surface area (Å²) in [7, 11) is -3.70. The Bertz CT molecular complexity index is 529. The highest BCUT2D eigenvalue weighted by atomic mass is 32.2. The van der Waals surface area contributed by atoms with Crippen LogP contribution in [0.1, 0.15) is 46.0 Å². The standard InChI is InChI=1S/C14H25N3O2S/c1-3-4-5-6-7-11(2)17-14-9-8-12(10-13(14)15)20(16,18)19/h8-11,17H,3-7,15H2,1-2H3,(H2,16,18,19). The lowest BCUT2D eigenvalue weighted by molar-refractivity contribution is 0.594. The van der Waals surface area contributed by atoms with Crippen LogP contribution in [0.3, 0.4) is 0 Å². The van der Waals surface area contributed by atoms with Gasteiger partial charge >= 0.3 is 0 Å². The van der Waals surface area contributed by atoms with Crippen molar-refractivity contribution in [3.63, 3.8) is 0 Å². The fourth-order valence-corrected chi connectivity index (χ4v) is 2.61. The molecule has 0 heterocycles. The van der Waals surface area contributed by atoms with Crippen LogP contribution in [0, 0.1) is 0 Å². The molecule has 114 valence electrons. The first-order valence-electron chi connectivity index (χ1n) is 7.03. The molecule has 20 heavy (non-hydrogen) atoms. The zero-order valence-corrected chi connectivity index (χ0v) is 13.0. The summed E-state index contributed by atoms with van der Waals surface area (Å²) < 4.78 is 22.4. The van der Waals surface area contributed by atoms with Gasteiger partial charge in [-0.2, -0.15) is 0 Å². The van der Waals surface area contributed by atoms with Crippen LogP contribution in [0.25, 0.3) is 0 Å². The summed E-state index contributed by atoms with van der Waals surface area (Å²) in [5, 5.41) is 8.37. The van der Waals surface area contributed by atoms with Crippen LogP contribution < -0.4 is 16.2 Å². The fraction of sp³-hybridized carbons (Fsp3) is 0.571. The number of anilines is 2. The molecule has 0 radical (unpaired) electrons. The number of rotatable bonds is 8. The van der Waals surface area contributed by atoms with E-state index in [2.05, 4.69) is 19.2 Å². The number of sulfonamides is 1. The zero-order chi connectivity index (χ0) is 15.2. The highest BCUT2D eigenvalue weighted by Gasteiger charge is 2.11. The Balaban J connectivity index is 2.60. The Morgan fingerprint density at radius 3 is 2.50 bits per heavy atom. The molecule has 1 unspecified atom stereocenters. The second kappa shape index (κ2) is 7.50. The normalized spacial score (nSPS) is 13.2. The molecule has 0 amide bonds. The lowest BCUT2D eigenvalue weighted by Gasteiger charge is -2.17. The molecule has 1 rings (SSSR count). The Morgan fingerprint density at radius 2 is 1.95 bits per heavy atom. The Kier molecular flexibility index (Phi) is 6.29. The first-order chi connectivity index (χ1) is 9.34. The highest BCUT2D eigenvalue weighted by molar-refractivity contribution is 7.89. The van der Waals surface area contributed by atoms with Crippen molar-refractivity contribution in [1.29, 1.82) is 0 Å². The van der Waals surface area contributed by atoms with Crippen LogP contribution in [0.5, 0.6) is 0 Å². The maximum atomic E-state index is 11.2. The number of hydrogen-bond acceptors (Lipinski definition) is 4. The monoisotopic (exact) mass is 299 g/mol. The predicted molar refractivity (Wildman–Crippen MR) is 84.1 cm³/mol. The van der Waals surface area contributed by atoms with Crippen LogP contribution in [-0.2, 0) is 10.0 Å². The molecule has 0 fully saturated rings. The first-order valence-corrected chi connectivity index (χ1v) is 8.58. The molecule has 0 aliphatic rings. The number of nitrogens with one attached hydrogen (secondary N) is 1. The molecule has 1 aromatic carbocycles. The van der Waals surface area contributed by atoms with E-state index < -0.39 is 10.0 Å². The molecule has 0 aromatic heterocycles. The average molecular weight is 299 g/mol. The number of nitrogens with two attached hydrogens (primary N) is 2. The molecule has 0 bridgehead atoms. The summed E-state index contributed by atoms with van der Waals surface area (Å²) in [4.78, 5) is 0.0381. The molecular formula is C14H25N3O2S. The highest BCUT2D eigenvalue weighted by Crippen LogP contribution is 2.23. The smallest absolute Gasteiger partial charge is 0.238 e. The van der Waals surface area contributed by atoms with E-state index in [0.29, 0.717) is 11.7 Å². The van der Waals surface area contributed by atoms with E-state index >= 15 is 0 Å². The van der Waals surface area contributed by atoms with E-state index in [1.807, 2.05) is 0 Å². The largest absolute Gasteiger partial charge is 0.397 e.